The third-order valence-electron chi connectivity index (χ3n) is 3.44. The van der Waals surface area contributed by atoms with E-state index in [0.717, 1.165) is 11.3 Å². The number of ketones is 1. The molecular formula is C19H21NO4S. The molecule has 25 heavy (non-hydrogen) atoms. The summed E-state index contributed by atoms with van der Waals surface area (Å²) in [7, 11) is 0. The van der Waals surface area contributed by atoms with Gasteiger partial charge in [0.1, 0.15) is 0 Å². The SMILES string of the molecule is CCCOC(=O)c1ccc(NC(=O)CCC(=O)c2ccc(C)s2)cc1. The number of carbonyl (C=O) groups excluding carboxylic acids is 3. The van der Waals surface area contributed by atoms with E-state index in [-0.39, 0.29) is 30.5 Å². The van der Waals surface area contributed by atoms with Crippen LogP contribution in [-0.4, -0.2) is 24.3 Å². The van der Waals surface area contributed by atoms with Crippen molar-refractivity contribution in [1.29, 1.82) is 0 Å². The number of hydrogen-bond acceptors (Lipinski definition) is 5. The smallest absolute Gasteiger partial charge is 0.338 e. The molecule has 0 fully saturated rings. The fourth-order valence-corrected chi connectivity index (χ4v) is 2.96. The van der Waals surface area contributed by atoms with Crippen molar-refractivity contribution in [1.82, 2.24) is 0 Å². The zero-order chi connectivity index (χ0) is 18.2. The lowest BCUT2D eigenvalue weighted by atomic mass is 10.1. The van der Waals surface area contributed by atoms with Gasteiger partial charge in [0.25, 0.3) is 0 Å². The van der Waals surface area contributed by atoms with Gasteiger partial charge in [-0.3, -0.25) is 9.59 Å². The minimum atomic E-state index is -0.378. The molecule has 0 radical (unpaired) electrons. The molecule has 1 N–H and O–H groups in total. The van der Waals surface area contributed by atoms with Gasteiger partial charge in [-0.25, -0.2) is 4.79 Å². The number of carbonyl (C=O) groups is 3. The molecule has 0 spiro atoms. The van der Waals surface area contributed by atoms with Gasteiger partial charge < -0.3 is 10.1 Å². The Morgan fingerprint density at radius 1 is 1.04 bits per heavy atom. The average molecular weight is 359 g/mol. The van der Waals surface area contributed by atoms with Gasteiger partial charge >= 0.3 is 5.97 Å². The van der Waals surface area contributed by atoms with Gasteiger partial charge in [-0.2, -0.15) is 0 Å². The molecule has 2 rings (SSSR count). The van der Waals surface area contributed by atoms with Gasteiger partial charge in [-0.1, -0.05) is 6.92 Å². The van der Waals surface area contributed by atoms with E-state index in [1.807, 2.05) is 19.9 Å². The molecule has 0 aliphatic carbocycles. The summed E-state index contributed by atoms with van der Waals surface area (Å²) in [4.78, 5) is 37.4. The molecule has 0 aliphatic rings. The summed E-state index contributed by atoms with van der Waals surface area (Å²) in [5, 5.41) is 2.72. The van der Waals surface area contributed by atoms with Crippen LogP contribution in [0.3, 0.4) is 0 Å². The van der Waals surface area contributed by atoms with Crippen molar-refractivity contribution in [2.75, 3.05) is 11.9 Å². The molecule has 1 aromatic carbocycles. The summed E-state index contributed by atoms with van der Waals surface area (Å²) in [5.74, 6) is -0.637. The molecule has 6 heteroatoms. The molecule has 0 atom stereocenters. The molecule has 2 aromatic rings. The number of Topliss-reactive ketones (excluding diaryl/α,β-unsaturated/α-hetero) is 1. The van der Waals surface area contributed by atoms with Gasteiger partial charge in [-0.05, 0) is 49.7 Å². The zero-order valence-corrected chi connectivity index (χ0v) is 15.2. The van der Waals surface area contributed by atoms with E-state index < -0.39 is 0 Å². The summed E-state index contributed by atoms with van der Waals surface area (Å²) < 4.78 is 5.04. The normalized spacial score (nSPS) is 10.3. The number of nitrogens with one attached hydrogen (secondary N) is 1. The Morgan fingerprint density at radius 2 is 1.76 bits per heavy atom. The highest BCUT2D eigenvalue weighted by Crippen LogP contribution is 2.18. The summed E-state index contributed by atoms with van der Waals surface area (Å²) in [6.07, 6.45) is 1.06. The Morgan fingerprint density at radius 3 is 2.36 bits per heavy atom. The van der Waals surface area contributed by atoms with E-state index >= 15 is 0 Å². The first-order valence-electron chi connectivity index (χ1n) is 8.16. The second kappa shape index (κ2) is 9.13. The zero-order valence-electron chi connectivity index (χ0n) is 14.3. The van der Waals surface area contributed by atoms with Crippen LogP contribution in [0.15, 0.2) is 36.4 Å². The van der Waals surface area contributed by atoms with E-state index in [1.165, 1.54) is 11.3 Å². The molecular weight excluding hydrogens is 338 g/mol. The number of rotatable bonds is 8. The van der Waals surface area contributed by atoms with Gasteiger partial charge in [0.2, 0.25) is 5.91 Å². The molecule has 1 heterocycles. The molecule has 0 saturated heterocycles. The van der Waals surface area contributed by atoms with Crippen molar-refractivity contribution in [3.63, 3.8) is 0 Å². The predicted molar refractivity (Wildman–Crippen MR) is 98.3 cm³/mol. The van der Waals surface area contributed by atoms with Crippen molar-refractivity contribution >= 4 is 34.7 Å². The van der Waals surface area contributed by atoms with Crippen LogP contribution in [0.1, 0.15) is 51.1 Å². The largest absolute Gasteiger partial charge is 0.462 e. The molecule has 0 saturated carbocycles. The third kappa shape index (κ3) is 5.83. The number of benzene rings is 1. The van der Waals surface area contributed by atoms with Crippen molar-refractivity contribution in [2.24, 2.45) is 0 Å². The highest BCUT2D eigenvalue weighted by atomic mass is 32.1. The van der Waals surface area contributed by atoms with Crippen molar-refractivity contribution in [3.05, 3.63) is 51.7 Å². The fraction of sp³-hybridized carbons (Fsp3) is 0.316. The van der Waals surface area contributed by atoms with Gasteiger partial charge in [-0.15, -0.1) is 11.3 Å². The lowest BCUT2D eigenvalue weighted by Gasteiger charge is -2.06. The number of ether oxygens (including phenoxy) is 1. The van der Waals surface area contributed by atoms with Crippen LogP contribution in [0, 0.1) is 6.92 Å². The number of anilines is 1. The number of hydrogen-bond donors (Lipinski definition) is 1. The first-order chi connectivity index (χ1) is 12.0. The van der Waals surface area contributed by atoms with Crippen LogP contribution in [0.5, 0.6) is 0 Å². The van der Waals surface area contributed by atoms with Crippen LogP contribution in [0.4, 0.5) is 5.69 Å². The lowest BCUT2D eigenvalue weighted by molar-refractivity contribution is -0.116. The Balaban J connectivity index is 1.82. The van der Waals surface area contributed by atoms with Crippen LogP contribution in [0.2, 0.25) is 0 Å². The monoisotopic (exact) mass is 359 g/mol. The Bertz CT molecular complexity index is 749. The Labute approximate surface area is 151 Å². The second-order valence-electron chi connectivity index (χ2n) is 5.59. The molecule has 5 nitrogen and oxygen atoms in total. The number of thiophene rings is 1. The van der Waals surface area contributed by atoms with E-state index in [9.17, 15) is 14.4 Å². The molecule has 1 aromatic heterocycles. The van der Waals surface area contributed by atoms with E-state index in [4.69, 9.17) is 4.74 Å². The number of amides is 1. The number of esters is 1. The quantitative estimate of drug-likeness (QED) is 0.566. The topological polar surface area (TPSA) is 72.5 Å². The highest BCUT2D eigenvalue weighted by molar-refractivity contribution is 7.14. The standard InChI is InChI=1S/C19H21NO4S/c1-3-12-24-19(23)14-5-7-15(8-6-14)20-18(22)11-9-16(21)17-10-4-13(2)25-17/h4-8,10H,3,9,11-12H2,1-2H3,(H,20,22). The minimum absolute atomic E-state index is 0.0257. The van der Waals surface area contributed by atoms with Crippen molar-refractivity contribution in [3.8, 4) is 0 Å². The Hall–Kier alpha value is -2.47. The summed E-state index contributed by atoms with van der Waals surface area (Å²) in [5.41, 5.74) is 1.02. The molecule has 0 bridgehead atoms. The minimum Gasteiger partial charge on any atom is -0.462 e. The third-order valence-corrected chi connectivity index (χ3v) is 4.48. The maximum atomic E-state index is 12.0. The Kier molecular flexibility index (Phi) is 6.89. The average Bonchev–Trinajstić information content (AvgIpc) is 3.04. The molecule has 132 valence electrons. The molecule has 1 amide bonds. The predicted octanol–water partition coefficient (Wildman–Crippen LogP) is 4.22. The lowest BCUT2D eigenvalue weighted by Crippen LogP contribution is -2.13. The van der Waals surface area contributed by atoms with Crippen LogP contribution in [0.25, 0.3) is 0 Å². The number of aryl methyl sites for hydroxylation is 1. The summed E-state index contributed by atoms with van der Waals surface area (Å²) >= 11 is 1.44. The van der Waals surface area contributed by atoms with Crippen molar-refractivity contribution in [2.45, 2.75) is 33.1 Å². The second-order valence-corrected chi connectivity index (χ2v) is 6.88. The van der Waals surface area contributed by atoms with Crippen LogP contribution < -0.4 is 5.32 Å². The fourth-order valence-electron chi connectivity index (χ4n) is 2.13. The van der Waals surface area contributed by atoms with Crippen LogP contribution in [-0.2, 0) is 9.53 Å². The van der Waals surface area contributed by atoms with Crippen molar-refractivity contribution < 1.29 is 19.1 Å². The summed E-state index contributed by atoms with van der Waals surface area (Å²) in [6, 6.07) is 10.2. The summed E-state index contributed by atoms with van der Waals surface area (Å²) in [6.45, 7) is 4.25. The highest BCUT2D eigenvalue weighted by Gasteiger charge is 2.12. The van der Waals surface area contributed by atoms with E-state index in [1.54, 1.807) is 30.3 Å². The van der Waals surface area contributed by atoms with Crippen LogP contribution >= 0.6 is 11.3 Å². The van der Waals surface area contributed by atoms with Gasteiger partial charge in [0.15, 0.2) is 5.78 Å². The molecule has 0 unspecified atom stereocenters. The van der Waals surface area contributed by atoms with Gasteiger partial charge in [0.05, 0.1) is 17.0 Å². The maximum Gasteiger partial charge on any atom is 0.338 e. The van der Waals surface area contributed by atoms with Gasteiger partial charge in [0, 0.05) is 23.4 Å². The first kappa shape index (κ1) is 18.9. The first-order valence-corrected chi connectivity index (χ1v) is 8.98. The molecule has 0 aliphatic heterocycles. The van der Waals surface area contributed by atoms with E-state index in [2.05, 4.69) is 5.32 Å². The van der Waals surface area contributed by atoms with E-state index in [0.29, 0.717) is 22.7 Å². The maximum absolute atomic E-state index is 12.0.